The minimum atomic E-state index is -0.559. The second-order valence-electron chi connectivity index (χ2n) is 3.13. The van der Waals surface area contributed by atoms with E-state index in [1.807, 2.05) is 0 Å². The van der Waals surface area contributed by atoms with E-state index in [1.165, 1.54) is 18.2 Å². The van der Waals surface area contributed by atoms with Gasteiger partial charge in [0.1, 0.15) is 5.69 Å². The maximum absolute atomic E-state index is 11.3. The van der Waals surface area contributed by atoms with Gasteiger partial charge in [-0.15, -0.1) is 0 Å². The fourth-order valence-corrected chi connectivity index (χ4v) is 1.09. The van der Waals surface area contributed by atoms with E-state index in [0.29, 0.717) is 5.70 Å². The number of nitro benzene ring substituents is 1. The molecule has 1 aromatic carbocycles. The zero-order valence-electron chi connectivity index (χ0n) is 8.69. The van der Waals surface area contributed by atoms with Crippen LogP contribution in [-0.4, -0.2) is 11.0 Å². The maximum Gasteiger partial charge on any atom is 0.323 e. The molecule has 0 heterocycles. The molecule has 0 saturated heterocycles. The Balaban J connectivity index is 2.84. The second-order valence-corrected chi connectivity index (χ2v) is 3.13. The first-order chi connectivity index (χ1) is 7.50. The smallest absolute Gasteiger partial charge is 0.312 e. The van der Waals surface area contributed by atoms with E-state index in [1.54, 1.807) is 13.0 Å². The summed E-state index contributed by atoms with van der Waals surface area (Å²) in [6.07, 6.45) is 0. The van der Waals surface area contributed by atoms with Crippen LogP contribution in [0.15, 0.2) is 36.5 Å². The molecule has 1 aromatic rings. The summed E-state index contributed by atoms with van der Waals surface area (Å²) < 4.78 is 0. The molecule has 0 aliphatic carbocycles. The first-order valence-electron chi connectivity index (χ1n) is 4.47. The standard InChI is InChI=1S/C10H11N3O3/c1-7(2)11-10(14)12-8-5-3-4-6-9(8)13(15)16/h3-6H,1H2,2H3,(H2,11,12,14). The van der Waals surface area contributed by atoms with Gasteiger partial charge in [0.15, 0.2) is 0 Å². The van der Waals surface area contributed by atoms with Crippen LogP contribution in [0, 0.1) is 10.1 Å². The predicted molar refractivity (Wildman–Crippen MR) is 60.1 cm³/mol. The molecule has 16 heavy (non-hydrogen) atoms. The van der Waals surface area contributed by atoms with Crippen molar-refractivity contribution in [3.63, 3.8) is 0 Å². The fraction of sp³-hybridized carbons (Fsp3) is 0.100. The lowest BCUT2D eigenvalue weighted by atomic mass is 10.3. The molecule has 0 saturated carbocycles. The highest BCUT2D eigenvalue weighted by Gasteiger charge is 2.14. The van der Waals surface area contributed by atoms with E-state index in [9.17, 15) is 14.9 Å². The van der Waals surface area contributed by atoms with Crippen LogP contribution in [-0.2, 0) is 0 Å². The second kappa shape index (κ2) is 4.92. The van der Waals surface area contributed by atoms with Gasteiger partial charge >= 0.3 is 6.03 Å². The Morgan fingerprint density at radius 2 is 2.06 bits per heavy atom. The maximum atomic E-state index is 11.3. The Morgan fingerprint density at radius 1 is 1.44 bits per heavy atom. The zero-order chi connectivity index (χ0) is 12.1. The number of allylic oxidation sites excluding steroid dienone is 1. The highest BCUT2D eigenvalue weighted by Crippen LogP contribution is 2.22. The number of anilines is 1. The molecule has 2 amide bonds. The van der Waals surface area contributed by atoms with E-state index in [2.05, 4.69) is 17.2 Å². The van der Waals surface area contributed by atoms with Gasteiger partial charge in [0.25, 0.3) is 5.69 Å². The predicted octanol–water partition coefficient (Wildman–Crippen LogP) is 2.25. The molecule has 84 valence electrons. The number of urea groups is 1. The lowest BCUT2D eigenvalue weighted by Gasteiger charge is -2.06. The topological polar surface area (TPSA) is 84.3 Å². The average Bonchev–Trinajstić information content (AvgIpc) is 2.16. The summed E-state index contributed by atoms with van der Waals surface area (Å²) in [6.45, 7) is 5.10. The minimum absolute atomic E-state index is 0.145. The lowest BCUT2D eigenvalue weighted by Crippen LogP contribution is -2.26. The van der Waals surface area contributed by atoms with Crippen LogP contribution in [0.3, 0.4) is 0 Å². The van der Waals surface area contributed by atoms with Crippen LogP contribution < -0.4 is 10.6 Å². The number of nitrogens with zero attached hydrogens (tertiary/aromatic N) is 1. The number of hydrogen-bond donors (Lipinski definition) is 2. The van der Waals surface area contributed by atoms with Crippen molar-refractivity contribution in [2.45, 2.75) is 6.92 Å². The van der Waals surface area contributed by atoms with Crippen molar-refractivity contribution in [3.05, 3.63) is 46.7 Å². The van der Waals surface area contributed by atoms with Gasteiger partial charge in [-0.2, -0.15) is 0 Å². The molecule has 0 fully saturated rings. The van der Waals surface area contributed by atoms with Crippen molar-refractivity contribution in [2.24, 2.45) is 0 Å². The summed E-state index contributed by atoms with van der Waals surface area (Å²) in [5.74, 6) is 0. The molecular weight excluding hydrogens is 210 g/mol. The summed E-state index contributed by atoms with van der Waals surface area (Å²) in [4.78, 5) is 21.4. The largest absolute Gasteiger partial charge is 0.323 e. The quantitative estimate of drug-likeness (QED) is 0.606. The molecule has 0 radical (unpaired) electrons. The van der Waals surface area contributed by atoms with Crippen molar-refractivity contribution in [1.82, 2.24) is 5.32 Å². The summed E-state index contributed by atoms with van der Waals surface area (Å²) in [6, 6.07) is 5.34. The number of nitrogens with one attached hydrogen (secondary N) is 2. The summed E-state index contributed by atoms with van der Waals surface area (Å²) >= 11 is 0. The third kappa shape index (κ3) is 3.09. The van der Waals surface area contributed by atoms with Crippen molar-refractivity contribution in [1.29, 1.82) is 0 Å². The van der Waals surface area contributed by atoms with Gasteiger partial charge in [-0.3, -0.25) is 10.1 Å². The number of amides is 2. The monoisotopic (exact) mass is 221 g/mol. The average molecular weight is 221 g/mol. The Kier molecular flexibility index (Phi) is 3.60. The van der Waals surface area contributed by atoms with Gasteiger partial charge in [0.05, 0.1) is 4.92 Å². The van der Waals surface area contributed by atoms with Crippen LogP contribution in [0.5, 0.6) is 0 Å². The highest BCUT2D eigenvalue weighted by molar-refractivity contribution is 5.92. The van der Waals surface area contributed by atoms with Crippen LogP contribution in [0.25, 0.3) is 0 Å². The summed E-state index contributed by atoms with van der Waals surface area (Å²) in [5, 5.41) is 15.4. The molecule has 1 rings (SSSR count). The first-order valence-corrected chi connectivity index (χ1v) is 4.47. The Hall–Kier alpha value is -2.37. The SMILES string of the molecule is C=C(C)NC(=O)Nc1ccccc1[N+](=O)[O-]. The Labute approximate surface area is 92.1 Å². The van der Waals surface area contributed by atoms with Gasteiger partial charge in [-0.1, -0.05) is 18.7 Å². The number of hydrogen-bond acceptors (Lipinski definition) is 3. The van der Waals surface area contributed by atoms with Crippen molar-refractivity contribution < 1.29 is 9.72 Å². The van der Waals surface area contributed by atoms with Crippen molar-refractivity contribution >= 4 is 17.4 Å². The molecule has 0 unspecified atom stereocenters. The molecule has 0 aliphatic rings. The first kappa shape index (κ1) is 11.7. The lowest BCUT2D eigenvalue weighted by molar-refractivity contribution is -0.383. The molecule has 6 nitrogen and oxygen atoms in total. The molecule has 0 aliphatic heterocycles. The molecule has 6 heteroatoms. The van der Waals surface area contributed by atoms with Gasteiger partial charge in [0, 0.05) is 11.8 Å². The van der Waals surface area contributed by atoms with Gasteiger partial charge in [-0.25, -0.2) is 4.79 Å². The number of para-hydroxylation sites is 2. The van der Waals surface area contributed by atoms with Gasteiger partial charge in [0.2, 0.25) is 0 Å². The molecular formula is C10H11N3O3. The number of benzene rings is 1. The van der Waals surface area contributed by atoms with E-state index in [0.717, 1.165) is 0 Å². The molecule has 0 aromatic heterocycles. The van der Waals surface area contributed by atoms with Crippen LogP contribution in [0.2, 0.25) is 0 Å². The summed E-state index contributed by atoms with van der Waals surface area (Å²) in [7, 11) is 0. The van der Waals surface area contributed by atoms with E-state index in [4.69, 9.17) is 0 Å². The van der Waals surface area contributed by atoms with E-state index >= 15 is 0 Å². The Bertz CT molecular complexity index is 443. The number of carbonyl (C=O) groups is 1. The number of rotatable bonds is 3. The van der Waals surface area contributed by atoms with Crippen molar-refractivity contribution in [2.75, 3.05) is 5.32 Å². The molecule has 2 N–H and O–H groups in total. The van der Waals surface area contributed by atoms with Gasteiger partial charge < -0.3 is 10.6 Å². The Morgan fingerprint density at radius 3 is 2.62 bits per heavy atom. The van der Waals surface area contributed by atoms with Crippen LogP contribution >= 0.6 is 0 Å². The zero-order valence-corrected chi connectivity index (χ0v) is 8.69. The number of nitro groups is 1. The molecule has 0 atom stereocenters. The highest BCUT2D eigenvalue weighted by atomic mass is 16.6. The third-order valence-corrected chi connectivity index (χ3v) is 1.68. The fourth-order valence-electron chi connectivity index (χ4n) is 1.09. The van der Waals surface area contributed by atoms with E-state index < -0.39 is 11.0 Å². The van der Waals surface area contributed by atoms with Crippen LogP contribution in [0.1, 0.15) is 6.92 Å². The molecule has 0 bridgehead atoms. The summed E-state index contributed by atoms with van der Waals surface area (Å²) in [5.41, 5.74) is 0.446. The van der Waals surface area contributed by atoms with E-state index in [-0.39, 0.29) is 11.4 Å². The molecule has 0 spiro atoms. The van der Waals surface area contributed by atoms with Crippen LogP contribution in [0.4, 0.5) is 16.2 Å². The minimum Gasteiger partial charge on any atom is -0.312 e. The number of carbonyl (C=O) groups excluding carboxylic acids is 1. The van der Waals surface area contributed by atoms with Crippen molar-refractivity contribution in [3.8, 4) is 0 Å². The normalized spacial score (nSPS) is 9.31. The van der Waals surface area contributed by atoms with Gasteiger partial charge in [-0.05, 0) is 13.0 Å². The third-order valence-electron chi connectivity index (χ3n) is 1.68.